The van der Waals surface area contributed by atoms with Gasteiger partial charge in [-0.15, -0.1) is 0 Å². The molecule has 1 aromatic heterocycles. The number of carbonyl (C=O) groups excluding carboxylic acids is 1. The van der Waals surface area contributed by atoms with E-state index in [9.17, 15) is 13.6 Å². The molecule has 0 saturated heterocycles. The van der Waals surface area contributed by atoms with Crippen LogP contribution in [0, 0.1) is 11.6 Å². The van der Waals surface area contributed by atoms with Crippen LogP contribution in [0.1, 0.15) is 48.8 Å². The summed E-state index contributed by atoms with van der Waals surface area (Å²) in [6.45, 7) is 4.45. The minimum absolute atomic E-state index is 0.173. The molecule has 4 rings (SSSR count). The number of carbonyl (C=O) groups is 1. The first-order chi connectivity index (χ1) is 16.5. The summed E-state index contributed by atoms with van der Waals surface area (Å²) in [4.78, 5) is 18.5. The highest BCUT2D eigenvalue weighted by Gasteiger charge is 2.26. The molecule has 1 atom stereocenters. The van der Waals surface area contributed by atoms with Gasteiger partial charge in [-0.05, 0) is 55.3 Å². The molecule has 0 aliphatic carbocycles. The number of rotatable bonds is 8. The standard InChI is InChI=1S/C28H27F2N3O/c1-3-9-24(19-10-6-5-7-11-19)31-28(34)26-25(21-12-8-13-23(30)18-21)32-27(33(26)4-2)20-14-16-22(29)17-15-20/h5-8,10-18,24H,3-4,9H2,1-2H3,(H,31,34). The average molecular weight is 460 g/mol. The van der Waals surface area contributed by atoms with Gasteiger partial charge in [-0.2, -0.15) is 0 Å². The molecule has 0 fully saturated rings. The fourth-order valence-electron chi connectivity index (χ4n) is 4.17. The van der Waals surface area contributed by atoms with E-state index in [-0.39, 0.29) is 17.8 Å². The summed E-state index contributed by atoms with van der Waals surface area (Å²) in [5, 5.41) is 3.17. The van der Waals surface area contributed by atoms with E-state index in [0.29, 0.717) is 34.9 Å². The van der Waals surface area contributed by atoms with E-state index >= 15 is 0 Å². The Bertz CT molecular complexity index is 1270. The van der Waals surface area contributed by atoms with Crippen LogP contribution < -0.4 is 5.32 Å². The second-order valence-electron chi connectivity index (χ2n) is 8.12. The molecule has 1 N–H and O–H groups in total. The predicted octanol–water partition coefficient (Wildman–Crippen LogP) is 6.79. The first-order valence-corrected chi connectivity index (χ1v) is 11.5. The summed E-state index contributed by atoms with van der Waals surface area (Å²) in [6.07, 6.45) is 1.67. The zero-order chi connectivity index (χ0) is 24.1. The highest BCUT2D eigenvalue weighted by molar-refractivity contribution is 5.99. The highest BCUT2D eigenvalue weighted by Crippen LogP contribution is 2.31. The van der Waals surface area contributed by atoms with Crippen LogP contribution in [0.3, 0.4) is 0 Å². The Labute approximate surface area is 198 Å². The van der Waals surface area contributed by atoms with Crippen molar-refractivity contribution in [1.29, 1.82) is 0 Å². The molecular formula is C28H27F2N3O. The Hall–Kier alpha value is -3.80. The Kier molecular flexibility index (Phi) is 7.16. The lowest BCUT2D eigenvalue weighted by molar-refractivity contribution is 0.0926. The number of aromatic nitrogens is 2. The Morgan fingerprint density at radius 3 is 2.29 bits per heavy atom. The third kappa shape index (κ3) is 4.91. The SMILES string of the molecule is CCCC(NC(=O)c1c(-c2cccc(F)c2)nc(-c2ccc(F)cc2)n1CC)c1ccccc1. The summed E-state index contributed by atoms with van der Waals surface area (Å²) >= 11 is 0. The predicted molar refractivity (Wildman–Crippen MR) is 130 cm³/mol. The average Bonchev–Trinajstić information content (AvgIpc) is 3.24. The monoisotopic (exact) mass is 459 g/mol. The van der Waals surface area contributed by atoms with Gasteiger partial charge in [-0.3, -0.25) is 4.79 Å². The van der Waals surface area contributed by atoms with E-state index in [1.54, 1.807) is 28.8 Å². The number of hydrogen-bond acceptors (Lipinski definition) is 2. The molecule has 0 aliphatic rings. The second kappa shape index (κ2) is 10.4. The minimum Gasteiger partial charge on any atom is -0.344 e. The van der Waals surface area contributed by atoms with Crippen LogP contribution in [0.5, 0.6) is 0 Å². The van der Waals surface area contributed by atoms with Gasteiger partial charge in [0.05, 0.1) is 6.04 Å². The van der Waals surface area contributed by atoms with Crippen molar-refractivity contribution in [3.05, 3.63) is 102 Å². The number of benzene rings is 3. The summed E-state index contributed by atoms with van der Waals surface area (Å²) in [6, 6.07) is 21.7. The van der Waals surface area contributed by atoms with Crippen molar-refractivity contribution < 1.29 is 13.6 Å². The lowest BCUT2D eigenvalue weighted by Gasteiger charge is -2.20. The maximum atomic E-state index is 14.1. The number of hydrogen-bond donors (Lipinski definition) is 1. The molecule has 1 unspecified atom stereocenters. The van der Waals surface area contributed by atoms with Crippen LogP contribution >= 0.6 is 0 Å². The van der Waals surface area contributed by atoms with Gasteiger partial charge in [-0.1, -0.05) is 55.8 Å². The van der Waals surface area contributed by atoms with Crippen molar-refractivity contribution in [2.24, 2.45) is 0 Å². The van der Waals surface area contributed by atoms with Gasteiger partial charge >= 0.3 is 0 Å². The van der Waals surface area contributed by atoms with Crippen molar-refractivity contribution in [1.82, 2.24) is 14.9 Å². The van der Waals surface area contributed by atoms with Gasteiger partial charge in [0.2, 0.25) is 0 Å². The van der Waals surface area contributed by atoms with E-state index in [0.717, 1.165) is 18.4 Å². The van der Waals surface area contributed by atoms with Crippen molar-refractivity contribution in [2.75, 3.05) is 0 Å². The Balaban J connectivity index is 1.83. The second-order valence-corrected chi connectivity index (χ2v) is 8.12. The Morgan fingerprint density at radius 2 is 1.65 bits per heavy atom. The quantitative estimate of drug-likeness (QED) is 0.315. The summed E-state index contributed by atoms with van der Waals surface area (Å²) < 4.78 is 29.5. The zero-order valence-corrected chi connectivity index (χ0v) is 19.3. The molecular weight excluding hydrogens is 432 g/mol. The van der Waals surface area contributed by atoms with Gasteiger partial charge < -0.3 is 9.88 Å². The topological polar surface area (TPSA) is 46.9 Å². The van der Waals surface area contributed by atoms with Gasteiger partial charge in [-0.25, -0.2) is 13.8 Å². The van der Waals surface area contributed by atoms with Crippen LogP contribution in [0.15, 0.2) is 78.9 Å². The van der Waals surface area contributed by atoms with Crippen molar-refractivity contribution >= 4 is 5.91 Å². The number of amides is 1. The fraction of sp³-hybridized carbons (Fsp3) is 0.214. The first-order valence-electron chi connectivity index (χ1n) is 11.5. The molecule has 0 bridgehead atoms. The molecule has 0 radical (unpaired) electrons. The molecule has 4 aromatic rings. The van der Waals surface area contributed by atoms with Crippen LogP contribution in [-0.4, -0.2) is 15.5 Å². The number of nitrogens with zero attached hydrogens (tertiary/aromatic N) is 2. The molecule has 6 heteroatoms. The maximum absolute atomic E-state index is 14.1. The smallest absolute Gasteiger partial charge is 0.270 e. The van der Waals surface area contributed by atoms with E-state index in [4.69, 9.17) is 4.98 Å². The van der Waals surface area contributed by atoms with Crippen LogP contribution in [0.2, 0.25) is 0 Å². The van der Waals surface area contributed by atoms with Crippen molar-refractivity contribution in [3.63, 3.8) is 0 Å². The molecule has 4 nitrogen and oxygen atoms in total. The fourth-order valence-corrected chi connectivity index (χ4v) is 4.17. The number of nitrogens with one attached hydrogen (secondary N) is 1. The third-order valence-corrected chi connectivity index (χ3v) is 5.78. The van der Waals surface area contributed by atoms with Crippen molar-refractivity contribution in [2.45, 2.75) is 39.3 Å². The zero-order valence-electron chi connectivity index (χ0n) is 19.3. The molecule has 174 valence electrons. The molecule has 3 aromatic carbocycles. The summed E-state index contributed by atoms with van der Waals surface area (Å²) in [5.74, 6) is -0.527. The summed E-state index contributed by atoms with van der Waals surface area (Å²) in [7, 11) is 0. The van der Waals surface area contributed by atoms with Gasteiger partial charge in [0, 0.05) is 17.7 Å². The Morgan fingerprint density at radius 1 is 0.912 bits per heavy atom. The molecule has 0 aliphatic heterocycles. The summed E-state index contributed by atoms with van der Waals surface area (Å²) in [5.41, 5.74) is 2.94. The van der Waals surface area contributed by atoms with Gasteiger partial charge in [0.1, 0.15) is 28.8 Å². The van der Waals surface area contributed by atoms with E-state index in [2.05, 4.69) is 12.2 Å². The van der Waals surface area contributed by atoms with Crippen molar-refractivity contribution in [3.8, 4) is 22.6 Å². The molecule has 1 heterocycles. The number of halogens is 2. The van der Waals surface area contributed by atoms with Gasteiger partial charge in [0.15, 0.2) is 0 Å². The first kappa shape index (κ1) is 23.4. The molecule has 34 heavy (non-hydrogen) atoms. The molecule has 0 saturated carbocycles. The van der Waals surface area contributed by atoms with E-state index in [1.807, 2.05) is 37.3 Å². The third-order valence-electron chi connectivity index (χ3n) is 5.78. The number of imidazole rings is 1. The van der Waals surface area contributed by atoms with Crippen LogP contribution in [0.4, 0.5) is 8.78 Å². The largest absolute Gasteiger partial charge is 0.344 e. The van der Waals surface area contributed by atoms with E-state index in [1.165, 1.54) is 24.3 Å². The highest BCUT2D eigenvalue weighted by atomic mass is 19.1. The normalized spacial score (nSPS) is 11.9. The molecule has 0 spiro atoms. The molecule has 1 amide bonds. The van der Waals surface area contributed by atoms with Gasteiger partial charge in [0.25, 0.3) is 5.91 Å². The van der Waals surface area contributed by atoms with Crippen LogP contribution in [0.25, 0.3) is 22.6 Å². The lowest BCUT2D eigenvalue weighted by atomic mass is 10.0. The van der Waals surface area contributed by atoms with Crippen LogP contribution in [-0.2, 0) is 6.54 Å². The van der Waals surface area contributed by atoms with E-state index < -0.39 is 5.82 Å². The minimum atomic E-state index is -0.411. The maximum Gasteiger partial charge on any atom is 0.270 e. The lowest BCUT2D eigenvalue weighted by Crippen LogP contribution is -2.30.